The van der Waals surface area contributed by atoms with E-state index in [-0.39, 0.29) is 4.90 Å². The van der Waals surface area contributed by atoms with Gasteiger partial charge in [-0.25, -0.2) is 23.2 Å². The molecule has 0 saturated heterocycles. The molecule has 26 heavy (non-hydrogen) atoms. The second-order valence-corrected chi connectivity index (χ2v) is 7.06. The van der Waals surface area contributed by atoms with Crippen LogP contribution in [0.5, 0.6) is 5.88 Å². The first-order valence-corrected chi connectivity index (χ1v) is 9.01. The molecule has 0 radical (unpaired) electrons. The van der Waals surface area contributed by atoms with Gasteiger partial charge in [0, 0.05) is 17.6 Å². The van der Waals surface area contributed by atoms with E-state index in [9.17, 15) is 8.42 Å². The Morgan fingerprint density at radius 3 is 2.69 bits per heavy atom. The summed E-state index contributed by atoms with van der Waals surface area (Å²) in [4.78, 5) is 12.7. The van der Waals surface area contributed by atoms with Crippen LogP contribution in [0.3, 0.4) is 0 Å². The molecule has 4 heterocycles. The van der Waals surface area contributed by atoms with Crippen LogP contribution < -0.4 is 9.88 Å². The van der Waals surface area contributed by atoms with Gasteiger partial charge in [0.05, 0.1) is 25.5 Å². The zero-order valence-corrected chi connectivity index (χ0v) is 14.4. The number of pyridine rings is 3. The average molecular weight is 371 g/mol. The Balaban J connectivity index is 1.78. The van der Waals surface area contributed by atoms with E-state index in [1.54, 1.807) is 23.0 Å². The highest BCUT2D eigenvalue weighted by atomic mass is 32.2. The van der Waals surface area contributed by atoms with Crippen LogP contribution in [-0.2, 0) is 16.6 Å². The molecular formula is C15H13N7O3S. The molecule has 2 N–H and O–H groups in total. The first-order chi connectivity index (χ1) is 12.5. The second-order valence-electron chi connectivity index (χ2n) is 5.49. The Kier molecular flexibility index (Phi) is 3.74. The third-order valence-electron chi connectivity index (χ3n) is 3.82. The molecular weight excluding hydrogens is 358 g/mol. The molecule has 0 aromatic carbocycles. The lowest BCUT2D eigenvalue weighted by atomic mass is 10.2. The summed E-state index contributed by atoms with van der Waals surface area (Å²) in [5.74, 6) is 0.462. The third kappa shape index (κ3) is 2.82. The minimum absolute atomic E-state index is 0.0457. The van der Waals surface area contributed by atoms with Crippen LogP contribution >= 0.6 is 0 Å². The minimum Gasteiger partial charge on any atom is -0.481 e. The van der Waals surface area contributed by atoms with Gasteiger partial charge in [-0.2, -0.15) is 4.98 Å². The minimum atomic E-state index is -3.78. The Morgan fingerprint density at radius 1 is 1.15 bits per heavy atom. The molecule has 0 spiro atoms. The number of rotatable bonds is 4. The Bertz CT molecular complexity index is 1220. The number of nitrogens with two attached hydrogens (primary N) is 1. The number of ether oxygens (including phenoxy) is 1. The maximum atomic E-state index is 11.3. The first kappa shape index (κ1) is 16.3. The van der Waals surface area contributed by atoms with Crippen molar-refractivity contribution < 1.29 is 13.2 Å². The second kappa shape index (κ2) is 5.97. The summed E-state index contributed by atoms with van der Waals surface area (Å²) in [6.45, 7) is 0.298. The lowest BCUT2D eigenvalue weighted by molar-refractivity contribution is 0.399. The molecule has 4 rings (SSSR count). The van der Waals surface area contributed by atoms with Crippen LogP contribution in [0.15, 0.2) is 41.6 Å². The molecule has 0 aliphatic heterocycles. The monoisotopic (exact) mass is 371 g/mol. The first-order valence-electron chi connectivity index (χ1n) is 7.46. The highest BCUT2D eigenvalue weighted by Gasteiger charge is 2.13. The molecule has 4 aromatic heterocycles. The van der Waals surface area contributed by atoms with Crippen LogP contribution in [0.25, 0.3) is 22.1 Å². The van der Waals surface area contributed by atoms with Crippen molar-refractivity contribution >= 4 is 32.1 Å². The van der Waals surface area contributed by atoms with Gasteiger partial charge in [0.1, 0.15) is 15.9 Å². The fourth-order valence-corrected chi connectivity index (χ4v) is 3.03. The quantitative estimate of drug-likeness (QED) is 0.546. The molecule has 11 heteroatoms. The zero-order chi connectivity index (χ0) is 18.3. The molecule has 0 aliphatic rings. The van der Waals surface area contributed by atoms with Crippen molar-refractivity contribution in [2.75, 3.05) is 7.11 Å². The number of aromatic nitrogens is 6. The maximum Gasteiger partial charge on any atom is 0.239 e. The summed E-state index contributed by atoms with van der Waals surface area (Å²) in [7, 11) is -2.24. The topological polar surface area (TPSA) is 139 Å². The number of hydrogen-bond acceptors (Lipinski definition) is 8. The Hall–Kier alpha value is -3.18. The van der Waals surface area contributed by atoms with E-state index in [1.807, 2.05) is 6.07 Å². The van der Waals surface area contributed by atoms with Crippen LogP contribution in [0.4, 0.5) is 0 Å². The largest absolute Gasteiger partial charge is 0.481 e. The van der Waals surface area contributed by atoms with Gasteiger partial charge in [0.2, 0.25) is 15.9 Å². The fourth-order valence-electron chi connectivity index (χ4n) is 2.58. The number of sulfonamides is 1. The number of methoxy groups -OCH3 is 1. The van der Waals surface area contributed by atoms with Crippen LogP contribution in [0.1, 0.15) is 5.69 Å². The maximum absolute atomic E-state index is 11.3. The van der Waals surface area contributed by atoms with Gasteiger partial charge < -0.3 is 4.74 Å². The molecule has 0 fully saturated rings. The van der Waals surface area contributed by atoms with Crippen LogP contribution in [-0.4, -0.2) is 45.5 Å². The molecule has 132 valence electrons. The van der Waals surface area contributed by atoms with Gasteiger partial charge in [-0.05, 0) is 18.2 Å². The summed E-state index contributed by atoms with van der Waals surface area (Å²) in [5, 5.41) is 14.1. The number of hydrogen-bond donors (Lipinski definition) is 1. The van der Waals surface area contributed by atoms with Crippen LogP contribution in [0.2, 0.25) is 0 Å². The molecule has 0 amide bonds. The molecule has 4 aromatic rings. The van der Waals surface area contributed by atoms with E-state index in [1.165, 1.54) is 19.4 Å². The summed E-state index contributed by atoms with van der Waals surface area (Å²) in [6.07, 6.45) is 2.81. The molecule has 0 saturated carbocycles. The van der Waals surface area contributed by atoms with Gasteiger partial charge in [-0.3, -0.25) is 4.98 Å². The Labute approximate surface area is 147 Å². The van der Waals surface area contributed by atoms with E-state index in [4.69, 9.17) is 9.88 Å². The highest BCUT2D eigenvalue weighted by Crippen LogP contribution is 2.23. The van der Waals surface area contributed by atoms with E-state index < -0.39 is 10.0 Å². The summed E-state index contributed by atoms with van der Waals surface area (Å²) in [5.41, 5.74) is 2.49. The molecule has 10 nitrogen and oxygen atoms in total. The van der Waals surface area contributed by atoms with E-state index in [0.29, 0.717) is 29.3 Å². The van der Waals surface area contributed by atoms with Crippen LogP contribution in [0, 0.1) is 0 Å². The number of fused-ring (bicyclic) bond motifs is 3. The third-order valence-corrected chi connectivity index (χ3v) is 4.72. The zero-order valence-electron chi connectivity index (χ0n) is 13.6. The fraction of sp³-hybridized carbons (Fsp3) is 0.133. The van der Waals surface area contributed by atoms with Gasteiger partial charge in [0.25, 0.3) is 0 Å². The van der Waals surface area contributed by atoms with Crippen molar-refractivity contribution in [3.8, 4) is 5.88 Å². The molecule has 0 aliphatic carbocycles. The average Bonchev–Trinajstić information content (AvgIpc) is 3.04. The standard InChI is InChI=1S/C15H13N7O3S/c1-25-13-5-4-11-14-12(7-18-15(11)19-13)20-21-22(14)8-9-2-3-10(6-17-9)26(16,23)24/h2-7H,8H2,1H3,(H2,16,23,24). The normalized spacial score (nSPS) is 11.9. The van der Waals surface area contributed by atoms with Gasteiger partial charge in [0.15, 0.2) is 5.65 Å². The number of primary sulfonamides is 1. The summed E-state index contributed by atoms with van der Waals surface area (Å²) < 4.78 is 29.4. The SMILES string of the molecule is COc1ccc2c(ncc3nnn(Cc4ccc(S(N)(=O)=O)cn4)c32)n1. The molecule has 0 unspecified atom stereocenters. The van der Waals surface area contributed by atoms with Crippen molar-refractivity contribution in [2.24, 2.45) is 5.14 Å². The highest BCUT2D eigenvalue weighted by molar-refractivity contribution is 7.89. The number of nitrogens with zero attached hydrogens (tertiary/aromatic N) is 6. The summed E-state index contributed by atoms with van der Waals surface area (Å²) in [6, 6.07) is 6.56. The van der Waals surface area contributed by atoms with Gasteiger partial charge >= 0.3 is 0 Å². The van der Waals surface area contributed by atoms with Gasteiger partial charge in [-0.1, -0.05) is 5.21 Å². The molecule has 0 bridgehead atoms. The lowest BCUT2D eigenvalue weighted by Gasteiger charge is -2.06. The Morgan fingerprint density at radius 2 is 2.00 bits per heavy atom. The molecule has 0 atom stereocenters. The van der Waals surface area contributed by atoms with Crippen molar-refractivity contribution in [1.82, 2.24) is 29.9 Å². The van der Waals surface area contributed by atoms with Crippen molar-refractivity contribution in [3.05, 3.63) is 42.4 Å². The van der Waals surface area contributed by atoms with Crippen molar-refractivity contribution in [1.29, 1.82) is 0 Å². The van der Waals surface area contributed by atoms with E-state index >= 15 is 0 Å². The smallest absolute Gasteiger partial charge is 0.239 e. The predicted octanol–water partition coefficient (Wildman–Crippen LogP) is 0.474. The van der Waals surface area contributed by atoms with Gasteiger partial charge in [-0.15, -0.1) is 5.10 Å². The van der Waals surface area contributed by atoms with E-state index in [0.717, 1.165) is 10.9 Å². The van der Waals surface area contributed by atoms with Crippen molar-refractivity contribution in [2.45, 2.75) is 11.4 Å². The lowest BCUT2D eigenvalue weighted by Crippen LogP contribution is -2.13. The summed E-state index contributed by atoms with van der Waals surface area (Å²) >= 11 is 0. The predicted molar refractivity (Wildman–Crippen MR) is 91.9 cm³/mol. The van der Waals surface area contributed by atoms with Crippen molar-refractivity contribution in [3.63, 3.8) is 0 Å². The van der Waals surface area contributed by atoms with E-state index in [2.05, 4.69) is 25.3 Å².